The van der Waals surface area contributed by atoms with Gasteiger partial charge in [0.25, 0.3) is 5.91 Å². The molecule has 0 unspecified atom stereocenters. The van der Waals surface area contributed by atoms with Crippen LogP contribution in [0.3, 0.4) is 0 Å². The van der Waals surface area contributed by atoms with Crippen molar-refractivity contribution in [2.24, 2.45) is 7.05 Å². The van der Waals surface area contributed by atoms with Crippen LogP contribution in [0.25, 0.3) is 0 Å². The molecule has 0 radical (unpaired) electrons. The van der Waals surface area contributed by atoms with E-state index >= 15 is 0 Å². The third-order valence-corrected chi connectivity index (χ3v) is 3.81. The quantitative estimate of drug-likeness (QED) is 0.805. The second-order valence-electron chi connectivity index (χ2n) is 5.54. The standard InChI is InChI=1S/C17H19N5O/c1-12-16(13(2)21(3)20-12)17(23)19-15-9-18-22(11-15)10-14-7-5-4-6-8-14/h4-9,11H,10H2,1-3H3,(H,19,23). The van der Waals surface area contributed by atoms with E-state index in [1.165, 1.54) is 0 Å². The topological polar surface area (TPSA) is 64.7 Å². The first-order chi connectivity index (χ1) is 11.0. The predicted molar refractivity (Wildman–Crippen MR) is 88.4 cm³/mol. The van der Waals surface area contributed by atoms with Crippen LogP contribution in [0, 0.1) is 13.8 Å². The average molecular weight is 309 g/mol. The van der Waals surface area contributed by atoms with Gasteiger partial charge < -0.3 is 5.32 Å². The molecule has 3 aromatic rings. The minimum Gasteiger partial charge on any atom is -0.319 e. The van der Waals surface area contributed by atoms with Gasteiger partial charge in [-0.1, -0.05) is 30.3 Å². The SMILES string of the molecule is Cc1nn(C)c(C)c1C(=O)Nc1cnn(Cc2ccccc2)c1. The van der Waals surface area contributed by atoms with E-state index in [2.05, 4.69) is 15.5 Å². The number of aromatic nitrogens is 4. The number of anilines is 1. The third-order valence-electron chi connectivity index (χ3n) is 3.81. The van der Waals surface area contributed by atoms with Gasteiger partial charge in [-0.3, -0.25) is 14.2 Å². The van der Waals surface area contributed by atoms with Gasteiger partial charge in [0.2, 0.25) is 0 Å². The van der Waals surface area contributed by atoms with Crippen molar-refractivity contribution in [3.8, 4) is 0 Å². The molecule has 0 bridgehead atoms. The Morgan fingerprint density at radius 2 is 1.96 bits per heavy atom. The van der Waals surface area contributed by atoms with Gasteiger partial charge in [0, 0.05) is 18.9 Å². The lowest BCUT2D eigenvalue weighted by Gasteiger charge is -2.03. The highest BCUT2D eigenvalue weighted by atomic mass is 16.1. The Bertz CT molecular complexity index is 832. The molecule has 0 aliphatic heterocycles. The van der Waals surface area contributed by atoms with Crippen molar-refractivity contribution in [3.63, 3.8) is 0 Å². The maximum absolute atomic E-state index is 12.4. The first-order valence-electron chi connectivity index (χ1n) is 7.42. The number of nitrogens with zero attached hydrogens (tertiary/aromatic N) is 4. The van der Waals surface area contributed by atoms with Crippen LogP contribution in [0.4, 0.5) is 5.69 Å². The lowest BCUT2D eigenvalue weighted by Crippen LogP contribution is -2.13. The minimum absolute atomic E-state index is 0.160. The molecule has 118 valence electrons. The molecule has 3 rings (SSSR count). The lowest BCUT2D eigenvalue weighted by molar-refractivity contribution is 0.102. The number of rotatable bonds is 4. The summed E-state index contributed by atoms with van der Waals surface area (Å²) in [4.78, 5) is 12.4. The fraction of sp³-hybridized carbons (Fsp3) is 0.235. The van der Waals surface area contributed by atoms with Gasteiger partial charge in [0.15, 0.2) is 0 Å². The Hall–Kier alpha value is -2.89. The van der Waals surface area contributed by atoms with Gasteiger partial charge in [-0.25, -0.2) is 0 Å². The molecule has 1 N–H and O–H groups in total. The molecule has 1 aromatic carbocycles. The van der Waals surface area contributed by atoms with Crippen LogP contribution in [0.15, 0.2) is 42.7 Å². The normalized spacial score (nSPS) is 10.7. The number of hydrogen-bond donors (Lipinski definition) is 1. The molecule has 6 nitrogen and oxygen atoms in total. The fourth-order valence-corrected chi connectivity index (χ4v) is 2.58. The molecule has 0 spiro atoms. The zero-order chi connectivity index (χ0) is 16.4. The highest BCUT2D eigenvalue weighted by Crippen LogP contribution is 2.15. The van der Waals surface area contributed by atoms with Crippen LogP contribution in [-0.2, 0) is 13.6 Å². The van der Waals surface area contributed by atoms with E-state index in [4.69, 9.17) is 0 Å². The predicted octanol–water partition coefficient (Wildman–Crippen LogP) is 2.53. The Kier molecular flexibility index (Phi) is 3.97. The number of amides is 1. The van der Waals surface area contributed by atoms with Gasteiger partial charge in [-0.2, -0.15) is 10.2 Å². The Morgan fingerprint density at radius 3 is 2.61 bits per heavy atom. The molecule has 0 saturated heterocycles. The molecule has 1 amide bonds. The van der Waals surface area contributed by atoms with Crippen molar-refractivity contribution in [3.05, 3.63) is 65.2 Å². The van der Waals surface area contributed by atoms with Gasteiger partial charge in [-0.05, 0) is 19.4 Å². The Labute approximate surface area is 134 Å². The molecular weight excluding hydrogens is 290 g/mol. The molecule has 6 heteroatoms. The molecule has 0 aliphatic rings. The monoisotopic (exact) mass is 309 g/mol. The van der Waals surface area contributed by atoms with Crippen LogP contribution in [0.5, 0.6) is 0 Å². The summed E-state index contributed by atoms with van der Waals surface area (Å²) >= 11 is 0. The maximum atomic E-state index is 12.4. The van der Waals surface area contributed by atoms with Crippen molar-refractivity contribution in [2.75, 3.05) is 5.32 Å². The van der Waals surface area contributed by atoms with Crippen LogP contribution in [-0.4, -0.2) is 25.5 Å². The second kappa shape index (κ2) is 6.08. The van der Waals surface area contributed by atoms with Crippen molar-refractivity contribution < 1.29 is 4.79 Å². The van der Waals surface area contributed by atoms with Gasteiger partial charge in [0.05, 0.1) is 29.7 Å². The maximum Gasteiger partial charge on any atom is 0.259 e. The van der Waals surface area contributed by atoms with Crippen LogP contribution in [0.1, 0.15) is 27.3 Å². The number of carbonyl (C=O) groups excluding carboxylic acids is 1. The van der Waals surface area contributed by atoms with Crippen LogP contribution in [0.2, 0.25) is 0 Å². The van der Waals surface area contributed by atoms with Crippen LogP contribution < -0.4 is 5.32 Å². The minimum atomic E-state index is -0.160. The number of aryl methyl sites for hydroxylation is 2. The van der Waals surface area contributed by atoms with Gasteiger partial charge >= 0.3 is 0 Å². The van der Waals surface area contributed by atoms with E-state index < -0.39 is 0 Å². The van der Waals surface area contributed by atoms with E-state index in [-0.39, 0.29) is 5.91 Å². The summed E-state index contributed by atoms with van der Waals surface area (Å²) < 4.78 is 3.51. The van der Waals surface area contributed by atoms with Gasteiger partial charge in [-0.15, -0.1) is 0 Å². The molecule has 2 heterocycles. The summed E-state index contributed by atoms with van der Waals surface area (Å²) in [6.07, 6.45) is 3.48. The van der Waals surface area contributed by atoms with Crippen LogP contribution >= 0.6 is 0 Å². The summed E-state index contributed by atoms with van der Waals surface area (Å²) in [7, 11) is 1.83. The smallest absolute Gasteiger partial charge is 0.259 e. The first-order valence-corrected chi connectivity index (χ1v) is 7.42. The summed E-state index contributed by atoms with van der Waals surface area (Å²) in [6.45, 7) is 4.39. The molecule has 23 heavy (non-hydrogen) atoms. The highest BCUT2D eigenvalue weighted by Gasteiger charge is 2.17. The number of benzene rings is 1. The Balaban J connectivity index is 1.73. The molecule has 0 fully saturated rings. The van der Waals surface area contributed by atoms with Crippen molar-refractivity contribution >= 4 is 11.6 Å². The second-order valence-corrected chi connectivity index (χ2v) is 5.54. The largest absolute Gasteiger partial charge is 0.319 e. The molecule has 0 atom stereocenters. The Morgan fingerprint density at radius 1 is 1.22 bits per heavy atom. The molecule has 0 saturated carbocycles. The highest BCUT2D eigenvalue weighted by molar-refractivity contribution is 6.05. The lowest BCUT2D eigenvalue weighted by atomic mass is 10.2. The van der Waals surface area contributed by atoms with Crippen molar-refractivity contribution in [2.45, 2.75) is 20.4 Å². The van der Waals surface area contributed by atoms with Gasteiger partial charge in [0.1, 0.15) is 0 Å². The van der Waals surface area contributed by atoms with E-state index in [9.17, 15) is 4.79 Å². The number of carbonyl (C=O) groups is 1. The molecule has 2 aromatic heterocycles. The van der Waals surface area contributed by atoms with E-state index in [0.29, 0.717) is 17.8 Å². The first kappa shape index (κ1) is 15.0. The van der Waals surface area contributed by atoms with E-state index in [0.717, 1.165) is 17.0 Å². The molecule has 0 aliphatic carbocycles. The summed E-state index contributed by atoms with van der Waals surface area (Å²) in [6, 6.07) is 10.1. The fourth-order valence-electron chi connectivity index (χ4n) is 2.58. The molecular formula is C17H19N5O. The van der Waals surface area contributed by atoms with Crippen molar-refractivity contribution in [1.82, 2.24) is 19.6 Å². The zero-order valence-electron chi connectivity index (χ0n) is 13.4. The number of nitrogens with one attached hydrogen (secondary N) is 1. The summed E-state index contributed by atoms with van der Waals surface area (Å²) in [5.41, 5.74) is 4.01. The summed E-state index contributed by atoms with van der Waals surface area (Å²) in [5.74, 6) is -0.160. The van der Waals surface area contributed by atoms with Crippen molar-refractivity contribution in [1.29, 1.82) is 0 Å². The van der Waals surface area contributed by atoms with E-state index in [1.807, 2.05) is 57.4 Å². The summed E-state index contributed by atoms with van der Waals surface area (Å²) in [5, 5.41) is 11.4. The third kappa shape index (κ3) is 3.15. The number of hydrogen-bond acceptors (Lipinski definition) is 3. The zero-order valence-corrected chi connectivity index (χ0v) is 13.4. The van der Waals surface area contributed by atoms with E-state index in [1.54, 1.807) is 15.6 Å². The average Bonchev–Trinajstić information content (AvgIpc) is 3.05.